The Kier molecular flexibility index (Phi) is 4.12. The zero-order valence-corrected chi connectivity index (χ0v) is 11.3. The second-order valence-corrected chi connectivity index (χ2v) is 5.83. The highest BCUT2D eigenvalue weighted by Gasteiger charge is 2.43. The molecule has 5 nitrogen and oxygen atoms in total. The minimum atomic E-state index is -1.09. The number of amides is 2. The highest BCUT2D eigenvalue weighted by atomic mass is 16.4. The standard InChI is InChI=1S/C14H22N2O3/c1-10-5-4-8-14(9-10,12(17)18)16-13(19)15-11-6-2-3-7-11/h2-3,10-11H,4-9H2,1H3,(H,17,18)(H2,15,16,19). The van der Waals surface area contributed by atoms with E-state index in [1.807, 2.05) is 19.1 Å². The highest BCUT2D eigenvalue weighted by Crippen LogP contribution is 2.32. The minimum Gasteiger partial charge on any atom is -0.480 e. The van der Waals surface area contributed by atoms with Gasteiger partial charge < -0.3 is 15.7 Å². The van der Waals surface area contributed by atoms with Crippen molar-refractivity contribution < 1.29 is 14.7 Å². The molecular weight excluding hydrogens is 244 g/mol. The first kappa shape index (κ1) is 13.9. The van der Waals surface area contributed by atoms with Gasteiger partial charge in [0.05, 0.1) is 0 Å². The van der Waals surface area contributed by atoms with Crippen LogP contribution >= 0.6 is 0 Å². The lowest BCUT2D eigenvalue weighted by atomic mass is 9.76. The van der Waals surface area contributed by atoms with Crippen molar-refractivity contribution in [1.82, 2.24) is 10.6 Å². The van der Waals surface area contributed by atoms with E-state index in [0.29, 0.717) is 18.8 Å². The van der Waals surface area contributed by atoms with Gasteiger partial charge in [0, 0.05) is 6.04 Å². The second-order valence-electron chi connectivity index (χ2n) is 5.83. The summed E-state index contributed by atoms with van der Waals surface area (Å²) in [7, 11) is 0. The van der Waals surface area contributed by atoms with Crippen molar-refractivity contribution >= 4 is 12.0 Å². The maximum absolute atomic E-state index is 12.0. The molecule has 0 bridgehead atoms. The summed E-state index contributed by atoms with van der Waals surface area (Å²) in [6.07, 6.45) is 8.61. The summed E-state index contributed by atoms with van der Waals surface area (Å²) in [6.45, 7) is 2.04. The normalized spacial score (nSPS) is 31.1. The second kappa shape index (κ2) is 5.63. The molecule has 0 aliphatic heterocycles. The predicted octanol–water partition coefficient (Wildman–Crippen LogP) is 2.04. The molecule has 2 atom stereocenters. The number of carboxylic acids is 1. The van der Waals surface area contributed by atoms with E-state index in [4.69, 9.17) is 0 Å². The summed E-state index contributed by atoms with van der Waals surface area (Å²) in [5, 5.41) is 15.0. The number of urea groups is 1. The first-order valence-electron chi connectivity index (χ1n) is 6.99. The molecule has 0 radical (unpaired) electrons. The summed E-state index contributed by atoms with van der Waals surface area (Å²) in [5.41, 5.74) is -1.09. The lowest BCUT2D eigenvalue weighted by Crippen LogP contribution is -2.59. The van der Waals surface area contributed by atoms with E-state index in [1.54, 1.807) is 0 Å². The number of aliphatic carboxylic acids is 1. The van der Waals surface area contributed by atoms with Gasteiger partial charge in [0.15, 0.2) is 0 Å². The van der Waals surface area contributed by atoms with Crippen LogP contribution in [0.15, 0.2) is 12.2 Å². The fraction of sp³-hybridized carbons (Fsp3) is 0.714. The Morgan fingerprint density at radius 2 is 2.00 bits per heavy atom. The molecule has 0 aromatic carbocycles. The molecule has 1 saturated carbocycles. The molecule has 3 N–H and O–H groups in total. The van der Waals surface area contributed by atoms with Gasteiger partial charge in [-0.15, -0.1) is 0 Å². The summed E-state index contributed by atoms with van der Waals surface area (Å²) in [5.74, 6) is -0.586. The van der Waals surface area contributed by atoms with Crippen LogP contribution in [0.2, 0.25) is 0 Å². The molecule has 2 unspecified atom stereocenters. The lowest BCUT2D eigenvalue weighted by molar-refractivity contribution is -0.146. The van der Waals surface area contributed by atoms with Crippen molar-refractivity contribution in [2.24, 2.45) is 5.92 Å². The molecule has 5 heteroatoms. The first-order valence-corrected chi connectivity index (χ1v) is 6.99. The third-order valence-electron chi connectivity index (χ3n) is 4.10. The zero-order chi connectivity index (χ0) is 13.9. The molecular formula is C14H22N2O3. The lowest BCUT2D eigenvalue weighted by Gasteiger charge is -2.37. The Labute approximate surface area is 113 Å². The van der Waals surface area contributed by atoms with Crippen molar-refractivity contribution in [1.29, 1.82) is 0 Å². The zero-order valence-electron chi connectivity index (χ0n) is 11.3. The molecule has 0 saturated heterocycles. The summed E-state index contributed by atoms with van der Waals surface area (Å²) in [6, 6.07) is -0.253. The van der Waals surface area contributed by atoms with E-state index >= 15 is 0 Å². The highest BCUT2D eigenvalue weighted by molar-refractivity contribution is 5.86. The third kappa shape index (κ3) is 3.28. The molecule has 0 heterocycles. The predicted molar refractivity (Wildman–Crippen MR) is 71.8 cm³/mol. The molecule has 0 spiro atoms. The molecule has 0 aromatic heterocycles. The molecule has 2 aliphatic rings. The molecule has 19 heavy (non-hydrogen) atoms. The van der Waals surface area contributed by atoms with Crippen LogP contribution in [-0.4, -0.2) is 28.7 Å². The molecule has 0 aromatic rings. The Bertz CT molecular complexity index is 386. The van der Waals surface area contributed by atoms with E-state index < -0.39 is 11.5 Å². The van der Waals surface area contributed by atoms with Gasteiger partial charge in [0.1, 0.15) is 5.54 Å². The average molecular weight is 266 g/mol. The summed E-state index contributed by atoms with van der Waals surface area (Å²) in [4.78, 5) is 23.5. The number of carbonyl (C=O) groups is 2. The number of hydrogen-bond donors (Lipinski definition) is 3. The van der Waals surface area contributed by atoms with Crippen molar-refractivity contribution in [3.8, 4) is 0 Å². The number of carbonyl (C=O) groups excluding carboxylic acids is 1. The van der Waals surface area contributed by atoms with Crippen molar-refractivity contribution in [3.63, 3.8) is 0 Å². The van der Waals surface area contributed by atoms with E-state index in [0.717, 1.165) is 25.7 Å². The first-order chi connectivity index (χ1) is 9.02. The number of nitrogens with one attached hydrogen (secondary N) is 2. The maximum atomic E-state index is 12.0. The van der Waals surface area contributed by atoms with Gasteiger partial charge in [-0.05, 0) is 31.6 Å². The average Bonchev–Trinajstić information content (AvgIpc) is 2.81. The summed E-state index contributed by atoms with van der Waals surface area (Å²) >= 11 is 0. The van der Waals surface area contributed by atoms with Gasteiger partial charge in [-0.25, -0.2) is 9.59 Å². The van der Waals surface area contributed by atoms with Crippen LogP contribution in [0.4, 0.5) is 4.79 Å². The quantitative estimate of drug-likeness (QED) is 0.684. The van der Waals surface area contributed by atoms with E-state index in [9.17, 15) is 14.7 Å². The van der Waals surface area contributed by atoms with E-state index in [2.05, 4.69) is 10.6 Å². The summed E-state index contributed by atoms with van der Waals surface area (Å²) < 4.78 is 0. The van der Waals surface area contributed by atoms with Gasteiger partial charge in [-0.1, -0.05) is 31.9 Å². The van der Waals surface area contributed by atoms with Crippen LogP contribution in [0.3, 0.4) is 0 Å². The Morgan fingerprint density at radius 1 is 1.32 bits per heavy atom. The molecule has 106 valence electrons. The van der Waals surface area contributed by atoms with Crippen LogP contribution < -0.4 is 10.6 Å². The smallest absolute Gasteiger partial charge is 0.329 e. The fourth-order valence-corrected chi connectivity index (χ4v) is 3.09. The van der Waals surface area contributed by atoms with Crippen LogP contribution in [0, 0.1) is 5.92 Å². The maximum Gasteiger partial charge on any atom is 0.329 e. The fourth-order valence-electron chi connectivity index (χ4n) is 3.09. The Balaban J connectivity index is 1.96. The van der Waals surface area contributed by atoms with Gasteiger partial charge in [-0.3, -0.25) is 0 Å². The largest absolute Gasteiger partial charge is 0.480 e. The van der Waals surface area contributed by atoms with Crippen LogP contribution in [-0.2, 0) is 4.79 Å². The van der Waals surface area contributed by atoms with Crippen LogP contribution in [0.1, 0.15) is 45.4 Å². The molecule has 1 fully saturated rings. The van der Waals surface area contributed by atoms with Crippen molar-refractivity contribution in [2.45, 2.75) is 57.0 Å². The van der Waals surface area contributed by atoms with E-state index in [1.165, 1.54) is 0 Å². The van der Waals surface area contributed by atoms with Crippen molar-refractivity contribution in [3.05, 3.63) is 12.2 Å². The Hall–Kier alpha value is -1.52. The topological polar surface area (TPSA) is 78.4 Å². The Morgan fingerprint density at radius 3 is 2.58 bits per heavy atom. The van der Waals surface area contributed by atoms with Crippen LogP contribution in [0.25, 0.3) is 0 Å². The number of hydrogen-bond acceptors (Lipinski definition) is 2. The number of rotatable bonds is 3. The molecule has 2 rings (SSSR count). The molecule has 2 aliphatic carbocycles. The van der Waals surface area contributed by atoms with Gasteiger partial charge in [0.2, 0.25) is 0 Å². The minimum absolute atomic E-state index is 0.104. The van der Waals surface area contributed by atoms with Crippen molar-refractivity contribution in [2.75, 3.05) is 0 Å². The van der Waals surface area contributed by atoms with Gasteiger partial charge in [-0.2, -0.15) is 0 Å². The van der Waals surface area contributed by atoms with Crippen LogP contribution in [0.5, 0.6) is 0 Å². The van der Waals surface area contributed by atoms with E-state index in [-0.39, 0.29) is 12.1 Å². The van der Waals surface area contributed by atoms with Gasteiger partial charge >= 0.3 is 12.0 Å². The third-order valence-corrected chi connectivity index (χ3v) is 4.10. The monoisotopic (exact) mass is 266 g/mol. The molecule has 2 amide bonds. The van der Waals surface area contributed by atoms with Gasteiger partial charge in [0.25, 0.3) is 0 Å². The number of carboxylic acid groups (broad SMARTS) is 1. The SMILES string of the molecule is CC1CCCC(NC(=O)NC2CC=CC2)(C(=O)O)C1.